The van der Waals surface area contributed by atoms with Gasteiger partial charge < -0.3 is 10.5 Å². The van der Waals surface area contributed by atoms with Crippen molar-refractivity contribution in [2.75, 3.05) is 18.1 Å². The fourth-order valence-corrected chi connectivity index (χ4v) is 1.40. The zero-order valence-corrected chi connectivity index (χ0v) is 8.58. The molecule has 0 aliphatic heterocycles. The summed E-state index contributed by atoms with van der Waals surface area (Å²) in [5.74, 6) is 0.789. The van der Waals surface area contributed by atoms with Gasteiger partial charge in [0.05, 0.1) is 0 Å². The number of carbonyl (C=O) groups is 1. The summed E-state index contributed by atoms with van der Waals surface area (Å²) >= 11 is 1.40. The SMILES string of the molecule is CC(=O)OCCSc1nccc(N)n1. The molecule has 0 amide bonds. The zero-order valence-electron chi connectivity index (χ0n) is 7.77. The summed E-state index contributed by atoms with van der Waals surface area (Å²) in [6.07, 6.45) is 1.59. The molecular formula is C8H11N3O2S. The van der Waals surface area contributed by atoms with Gasteiger partial charge >= 0.3 is 5.97 Å². The Hall–Kier alpha value is -1.30. The third kappa shape index (κ3) is 4.08. The summed E-state index contributed by atoms with van der Waals surface area (Å²) in [5, 5.41) is 0.595. The van der Waals surface area contributed by atoms with Gasteiger partial charge in [0.1, 0.15) is 12.4 Å². The van der Waals surface area contributed by atoms with Crippen molar-refractivity contribution >= 4 is 23.5 Å². The molecule has 0 bridgehead atoms. The first-order valence-electron chi connectivity index (χ1n) is 4.03. The van der Waals surface area contributed by atoms with E-state index in [1.165, 1.54) is 18.7 Å². The van der Waals surface area contributed by atoms with Gasteiger partial charge in [0, 0.05) is 18.9 Å². The molecule has 2 N–H and O–H groups in total. The van der Waals surface area contributed by atoms with Gasteiger partial charge in [0.25, 0.3) is 0 Å². The molecule has 0 saturated heterocycles. The number of hydrogen-bond acceptors (Lipinski definition) is 6. The number of carbonyl (C=O) groups excluding carboxylic acids is 1. The number of thioether (sulfide) groups is 1. The molecule has 0 aliphatic rings. The lowest BCUT2D eigenvalue weighted by Crippen LogP contribution is -2.03. The molecule has 0 atom stereocenters. The maximum absolute atomic E-state index is 10.4. The quantitative estimate of drug-likeness (QED) is 0.343. The lowest BCUT2D eigenvalue weighted by atomic mass is 10.6. The Bertz CT molecular complexity index is 319. The molecule has 1 heterocycles. The van der Waals surface area contributed by atoms with Crippen LogP contribution in [0.15, 0.2) is 17.4 Å². The van der Waals surface area contributed by atoms with Gasteiger partial charge in [0.15, 0.2) is 5.16 Å². The number of rotatable bonds is 4. The zero-order chi connectivity index (χ0) is 10.4. The van der Waals surface area contributed by atoms with E-state index in [9.17, 15) is 4.79 Å². The molecule has 14 heavy (non-hydrogen) atoms. The van der Waals surface area contributed by atoms with E-state index >= 15 is 0 Å². The van der Waals surface area contributed by atoms with E-state index in [1.54, 1.807) is 12.3 Å². The summed E-state index contributed by atoms with van der Waals surface area (Å²) in [5.41, 5.74) is 5.46. The van der Waals surface area contributed by atoms with Crippen LogP contribution in [0.1, 0.15) is 6.92 Å². The van der Waals surface area contributed by atoms with Crippen LogP contribution in [-0.2, 0) is 9.53 Å². The maximum atomic E-state index is 10.4. The van der Waals surface area contributed by atoms with E-state index in [2.05, 4.69) is 9.97 Å². The van der Waals surface area contributed by atoms with Crippen LogP contribution in [0.5, 0.6) is 0 Å². The predicted octanol–water partition coefficient (Wildman–Crippen LogP) is 0.714. The van der Waals surface area contributed by atoms with Crippen LogP contribution in [0.4, 0.5) is 5.82 Å². The molecule has 1 rings (SSSR count). The second kappa shape index (κ2) is 5.43. The summed E-state index contributed by atoms with van der Waals surface area (Å²) in [6, 6.07) is 1.62. The normalized spacial score (nSPS) is 9.79. The number of anilines is 1. The van der Waals surface area contributed by atoms with Gasteiger partial charge in [-0.1, -0.05) is 11.8 Å². The van der Waals surface area contributed by atoms with Crippen LogP contribution in [0.25, 0.3) is 0 Å². The first kappa shape index (κ1) is 10.8. The van der Waals surface area contributed by atoms with E-state index < -0.39 is 0 Å². The van der Waals surface area contributed by atoms with E-state index in [1.807, 2.05) is 0 Å². The number of esters is 1. The number of hydrogen-bond donors (Lipinski definition) is 1. The van der Waals surface area contributed by atoms with Crippen molar-refractivity contribution < 1.29 is 9.53 Å². The maximum Gasteiger partial charge on any atom is 0.302 e. The molecule has 0 saturated carbocycles. The highest BCUT2D eigenvalue weighted by Crippen LogP contribution is 2.12. The first-order chi connectivity index (χ1) is 6.68. The van der Waals surface area contributed by atoms with E-state index in [0.717, 1.165) is 0 Å². The van der Waals surface area contributed by atoms with Gasteiger partial charge in [-0.3, -0.25) is 4.79 Å². The molecule has 0 spiro atoms. The average Bonchev–Trinajstić information content (AvgIpc) is 2.12. The molecule has 0 aliphatic carbocycles. The number of ether oxygens (including phenoxy) is 1. The number of aromatic nitrogens is 2. The smallest absolute Gasteiger partial charge is 0.302 e. The molecule has 1 aromatic heterocycles. The highest BCUT2D eigenvalue weighted by molar-refractivity contribution is 7.99. The monoisotopic (exact) mass is 213 g/mol. The largest absolute Gasteiger partial charge is 0.465 e. The topological polar surface area (TPSA) is 78.1 Å². The van der Waals surface area contributed by atoms with Crippen molar-refractivity contribution in [1.82, 2.24) is 9.97 Å². The minimum Gasteiger partial charge on any atom is -0.465 e. The first-order valence-corrected chi connectivity index (χ1v) is 5.02. The minimum atomic E-state index is -0.279. The van der Waals surface area contributed by atoms with Gasteiger partial charge in [-0.15, -0.1) is 0 Å². The van der Waals surface area contributed by atoms with Crippen molar-refractivity contribution in [3.63, 3.8) is 0 Å². The molecule has 0 unspecified atom stereocenters. The van der Waals surface area contributed by atoms with Crippen LogP contribution >= 0.6 is 11.8 Å². The van der Waals surface area contributed by atoms with E-state index in [0.29, 0.717) is 23.3 Å². The van der Waals surface area contributed by atoms with E-state index in [-0.39, 0.29) is 5.97 Å². The van der Waals surface area contributed by atoms with Crippen molar-refractivity contribution in [3.8, 4) is 0 Å². The number of nitrogens with two attached hydrogens (primary N) is 1. The number of nitrogens with zero attached hydrogens (tertiary/aromatic N) is 2. The van der Waals surface area contributed by atoms with Gasteiger partial charge in [-0.25, -0.2) is 9.97 Å². The van der Waals surface area contributed by atoms with E-state index in [4.69, 9.17) is 10.5 Å². The number of nitrogen functional groups attached to an aromatic ring is 1. The Morgan fingerprint density at radius 1 is 1.71 bits per heavy atom. The summed E-state index contributed by atoms with van der Waals surface area (Å²) in [4.78, 5) is 18.4. The second-order valence-electron chi connectivity index (χ2n) is 2.45. The lowest BCUT2D eigenvalue weighted by Gasteiger charge is -2.01. The Morgan fingerprint density at radius 2 is 2.50 bits per heavy atom. The van der Waals surface area contributed by atoms with Crippen LogP contribution in [-0.4, -0.2) is 28.3 Å². The van der Waals surface area contributed by atoms with Crippen molar-refractivity contribution in [1.29, 1.82) is 0 Å². The van der Waals surface area contributed by atoms with Crippen LogP contribution in [0, 0.1) is 0 Å². The van der Waals surface area contributed by atoms with Crippen LogP contribution in [0.3, 0.4) is 0 Å². The molecule has 0 fully saturated rings. The fraction of sp³-hybridized carbons (Fsp3) is 0.375. The van der Waals surface area contributed by atoms with Crippen molar-refractivity contribution in [2.45, 2.75) is 12.1 Å². The average molecular weight is 213 g/mol. The van der Waals surface area contributed by atoms with Crippen molar-refractivity contribution in [2.24, 2.45) is 0 Å². The second-order valence-corrected chi connectivity index (χ2v) is 3.51. The predicted molar refractivity (Wildman–Crippen MR) is 53.8 cm³/mol. The highest BCUT2D eigenvalue weighted by Gasteiger charge is 1.98. The summed E-state index contributed by atoms with van der Waals surface area (Å²) in [7, 11) is 0. The third-order valence-electron chi connectivity index (χ3n) is 1.27. The molecular weight excluding hydrogens is 202 g/mol. The van der Waals surface area contributed by atoms with Crippen LogP contribution < -0.4 is 5.73 Å². The Morgan fingerprint density at radius 3 is 3.14 bits per heavy atom. The molecule has 0 radical (unpaired) electrons. The highest BCUT2D eigenvalue weighted by atomic mass is 32.2. The van der Waals surface area contributed by atoms with Gasteiger partial charge in [-0.05, 0) is 6.07 Å². The molecule has 76 valence electrons. The summed E-state index contributed by atoms with van der Waals surface area (Å²) < 4.78 is 4.75. The standard InChI is InChI=1S/C8H11N3O2S/c1-6(12)13-4-5-14-8-10-3-2-7(9)11-8/h2-3H,4-5H2,1H3,(H2,9,10,11). The minimum absolute atomic E-state index is 0.279. The Kier molecular flexibility index (Phi) is 4.18. The van der Waals surface area contributed by atoms with Gasteiger partial charge in [-0.2, -0.15) is 0 Å². The molecule has 5 nitrogen and oxygen atoms in total. The Labute approximate surface area is 86.1 Å². The van der Waals surface area contributed by atoms with Crippen LogP contribution in [0.2, 0.25) is 0 Å². The van der Waals surface area contributed by atoms with Gasteiger partial charge in [0.2, 0.25) is 0 Å². The fourth-order valence-electron chi connectivity index (χ4n) is 0.742. The molecule has 0 aromatic carbocycles. The molecule has 6 heteroatoms. The molecule has 1 aromatic rings. The third-order valence-corrected chi connectivity index (χ3v) is 2.10. The lowest BCUT2D eigenvalue weighted by molar-refractivity contribution is -0.140. The van der Waals surface area contributed by atoms with Crippen molar-refractivity contribution in [3.05, 3.63) is 12.3 Å². The Balaban J connectivity index is 2.28. The summed E-state index contributed by atoms with van der Waals surface area (Å²) in [6.45, 7) is 1.74.